The number of fused-ring (bicyclic) bond motifs is 1. The number of carbonyl (C=O) groups excluding carboxylic acids is 1. The van der Waals surface area contributed by atoms with Crippen molar-refractivity contribution in [2.75, 3.05) is 37.7 Å². The molecule has 0 aromatic heterocycles. The van der Waals surface area contributed by atoms with Crippen LogP contribution in [0.15, 0.2) is 30.3 Å². The average molecular weight is 353 g/mol. The molecule has 2 atom stereocenters. The summed E-state index contributed by atoms with van der Waals surface area (Å²) in [6, 6.07) is 9.05. The summed E-state index contributed by atoms with van der Waals surface area (Å²) in [6.07, 6.45) is -0.298. The van der Waals surface area contributed by atoms with Gasteiger partial charge in [0.05, 0.1) is 12.1 Å². The van der Waals surface area contributed by atoms with Crippen LogP contribution in [-0.2, 0) is 19.7 Å². The monoisotopic (exact) mass is 353 g/mol. The van der Waals surface area contributed by atoms with E-state index in [-0.39, 0.29) is 37.7 Å². The number of morpholine rings is 1. The first-order valence-corrected chi connectivity index (χ1v) is 9.62. The molecule has 0 radical (unpaired) electrons. The molecule has 3 rings (SSSR count). The quantitative estimate of drug-likeness (QED) is 0.781. The highest BCUT2D eigenvalue weighted by atomic mass is 32.2. The largest absolute Gasteiger partial charge is 0.365 e. The van der Waals surface area contributed by atoms with Gasteiger partial charge in [-0.25, -0.2) is 0 Å². The van der Waals surface area contributed by atoms with Crippen molar-refractivity contribution >= 4 is 21.8 Å². The number of nitrogens with zero attached hydrogens (tertiary/aromatic N) is 3. The van der Waals surface area contributed by atoms with Crippen LogP contribution in [0, 0.1) is 0 Å². The minimum atomic E-state index is -3.53. The molecule has 0 unspecified atom stereocenters. The zero-order chi connectivity index (χ0) is 17.3. The molecule has 0 spiro atoms. The Bertz CT molecular complexity index is 691. The maximum absolute atomic E-state index is 12.8. The molecular formula is C16H23N3O4S. The van der Waals surface area contributed by atoms with Crippen LogP contribution in [0.3, 0.4) is 0 Å². The van der Waals surface area contributed by atoms with Gasteiger partial charge >= 0.3 is 0 Å². The van der Waals surface area contributed by atoms with Gasteiger partial charge in [0, 0.05) is 31.9 Å². The van der Waals surface area contributed by atoms with Crippen LogP contribution < -0.4 is 4.90 Å². The Morgan fingerprint density at radius 3 is 2.46 bits per heavy atom. The zero-order valence-electron chi connectivity index (χ0n) is 14.0. The standard InChI is InChI=1S/C16H23N3O4S/c1-3-17(4-2)24(21,22)18-10-14-15(11-18)23-12-16(20)19(14)13-8-6-5-7-9-13/h5-9,14-15H,3-4,10-12H2,1-2H3/t14-,15-/m0/s1. The number of anilines is 1. The third-order valence-corrected chi connectivity index (χ3v) is 6.74. The van der Waals surface area contributed by atoms with Gasteiger partial charge in [-0.3, -0.25) is 4.79 Å². The van der Waals surface area contributed by atoms with Crippen LogP contribution in [0.4, 0.5) is 5.69 Å². The van der Waals surface area contributed by atoms with E-state index in [2.05, 4.69) is 0 Å². The van der Waals surface area contributed by atoms with Gasteiger partial charge < -0.3 is 9.64 Å². The third-order valence-electron chi connectivity index (χ3n) is 4.62. The molecule has 2 saturated heterocycles. The highest BCUT2D eigenvalue weighted by molar-refractivity contribution is 7.86. The predicted molar refractivity (Wildman–Crippen MR) is 90.9 cm³/mol. The lowest BCUT2D eigenvalue weighted by Gasteiger charge is -2.36. The molecule has 132 valence electrons. The van der Waals surface area contributed by atoms with Crippen LogP contribution in [-0.4, -0.2) is 67.9 Å². The lowest BCUT2D eigenvalue weighted by atomic mass is 10.1. The van der Waals surface area contributed by atoms with E-state index in [9.17, 15) is 13.2 Å². The second-order valence-electron chi connectivity index (χ2n) is 5.93. The molecule has 8 heteroatoms. The van der Waals surface area contributed by atoms with Crippen molar-refractivity contribution in [3.8, 4) is 0 Å². The smallest absolute Gasteiger partial charge is 0.282 e. The van der Waals surface area contributed by atoms with Crippen LogP contribution in [0.25, 0.3) is 0 Å². The minimum Gasteiger partial charge on any atom is -0.365 e. The molecule has 24 heavy (non-hydrogen) atoms. The molecule has 2 heterocycles. The number of hydrogen-bond acceptors (Lipinski definition) is 4. The number of ether oxygens (including phenoxy) is 1. The molecule has 0 aliphatic carbocycles. The van der Waals surface area contributed by atoms with Gasteiger partial charge in [-0.1, -0.05) is 32.0 Å². The van der Waals surface area contributed by atoms with Crippen LogP contribution in [0.1, 0.15) is 13.8 Å². The van der Waals surface area contributed by atoms with E-state index in [4.69, 9.17) is 4.74 Å². The van der Waals surface area contributed by atoms with E-state index >= 15 is 0 Å². The topological polar surface area (TPSA) is 70.2 Å². The fourth-order valence-electron chi connectivity index (χ4n) is 3.39. The fraction of sp³-hybridized carbons (Fsp3) is 0.562. The van der Waals surface area contributed by atoms with E-state index in [1.165, 1.54) is 8.61 Å². The Hall–Kier alpha value is -1.48. The Morgan fingerprint density at radius 1 is 1.17 bits per heavy atom. The number of amides is 1. The summed E-state index contributed by atoms with van der Waals surface area (Å²) in [7, 11) is -3.53. The van der Waals surface area contributed by atoms with Gasteiger partial charge in [-0.2, -0.15) is 17.0 Å². The Kier molecular flexibility index (Phi) is 4.91. The van der Waals surface area contributed by atoms with Crippen LogP contribution >= 0.6 is 0 Å². The second-order valence-corrected chi connectivity index (χ2v) is 7.85. The first-order chi connectivity index (χ1) is 11.5. The summed E-state index contributed by atoms with van der Waals surface area (Å²) in [6.45, 7) is 5.00. The first-order valence-electron chi connectivity index (χ1n) is 8.23. The molecule has 0 N–H and O–H groups in total. The van der Waals surface area contributed by atoms with Crippen molar-refractivity contribution in [2.45, 2.75) is 26.0 Å². The summed E-state index contributed by atoms with van der Waals surface area (Å²) in [5, 5.41) is 0. The van der Waals surface area contributed by atoms with Gasteiger partial charge in [-0.15, -0.1) is 0 Å². The third kappa shape index (κ3) is 2.95. The van der Waals surface area contributed by atoms with Gasteiger partial charge in [0.15, 0.2) is 0 Å². The van der Waals surface area contributed by atoms with Crippen molar-refractivity contribution in [3.05, 3.63) is 30.3 Å². The Balaban J connectivity index is 1.87. The summed E-state index contributed by atoms with van der Waals surface area (Å²) < 4.78 is 34.0. The molecule has 1 amide bonds. The van der Waals surface area contributed by atoms with Gasteiger partial charge in [0.1, 0.15) is 6.61 Å². The van der Waals surface area contributed by atoms with E-state index in [0.29, 0.717) is 13.1 Å². The molecular weight excluding hydrogens is 330 g/mol. The number of hydrogen-bond donors (Lipinski definition) is 0. The van der Waals surface area contributed by atoms with Crippen LogP contribution in [0.2, 0.25) is 0 Å². The average Bonchev–Trinajstić information content (AvgIpc) is 3.01. The Morgan fingerprint density at radius 2 is 1.83 bits per heavy atom. The molecule has 1 aromatic rings. The fourth-order valence-corrected chi connectivity index (χ4v) is 5.05. The van der Waals surface area contributed by atoms with E-state index in [1.807, 2.05) is 44.2 Å². The highest BCUT2D eigenvalue weighted by Gasteiger charge is 2.48. The van der Waals surface area contributed by atoms with E-state index in [0.717, 1.165) is 5.69 Å². The summed E-state index contributed by atoms with van der Waals surface area (Å²) in [5.74, 6) is -0.135. The van der Waals surface area contributed by atoms with Gasteiger partial charge in [-0.05, 0) is 12.1 Å². The molecule has 0 saturated carbocycles. The predicted octanol–water partition coefficient (Wildman–Crippen LogP) is 0.689. The number of para-hydroxylation sites is 1. The first kappa shape index (κ1) is 17.3. The molecule has 1 aromatic carbocycles. The number of carbonyl (C=O) groups is 1. The van der Waals surface area contributed by atoms with Gasteiger partial charge in [0.2, 0.25) is 0 Å². The number of benzene rings is 1. The molecule has 2 aliphatic heterocycles. The lowest BCUT2D eigenvalue weighted by Crippen LogP contribution is -2.54. The summed E-state index contributed by atoms with van der Waals surface area (Å²) in [4.78, 5) is 14.0. The Labute approximate surface area is 143 Å². The van der Waals surface area contributed by atoms with E-state index in [1.54, 1.807) is 4.90 Å². The normalized spacial score (nSPS) is 25.3. The summed E-state index contributed by atoms with van der Waals surface area (Å²) in [5.41, 5.74) is 0.780. The highest BCUT2D eigenvalue weighted by Crippen LogP contribution is 2.30. The zero-order valence-corrected chi connectivity index (χ0v) is 14.8. The second kappa shape index (κ2) is 6.79. The molecule has 7 nitrogen and oxygen atoms in total. The molecule has 2 fully saturated rings. The lowest BCUT2D eigenvalue weighted by molar-refractivity contribution is -0.130. The number of rotatable bonds is 5. The van der Waals surface area contributed by atoms with Crippen molar-refractivity contribution in [1.82, 2.24) is 8.61 Å². The summed E-state index contributed by atoms with van der Waals surface area (Å²) >= 11 is 0. The SMILES string of the molecule is CCN(CC)S(=O)(=O)N1C[C@@H]2OCC(=O)N(c3ccccc3)[C@H]2C1. The van der Waals surface area contributed by atoms with Crippen LogP contribution in [0.5, 0.6) is 0 Å². The minimum absolute atomic E-state index is 0.0186. The maximum Gasteiger partial charge on any atom is 0.282 e. The maximum atomic E-state index is 12.8. The van der Waals surface area contributed by atoms with Crippen molar-refractivity contribution in [1.29, 1.82) is 0 Å². The molecule has 0 bridgehead atoms. The van der Waals surface area contributed by atoms with Crippen molar-refractivity contribution < 1.29 is 17.9 Å². The van der Waals surface area contributed by atoms with Gasteiger partial charge in [0.25, 0.3) is 16.1 Å². The van der Waals surface area contributed by atoms with Crippen molar-refractivity contribution in [2.24, 2.45) is 0 Å². The van der Waals surface area contributed by atoms with E-state index < -0.39 is 10.2 Å². The molecule has 2 aliphatic rings. The van der Waals surface area contributed by atoms with Crippen molar-refractivity contribution in [3.63, 3.8) is 0 Å².